The van der Waals surface area contributed by atoms with Gasteiger partial charge in [0, 0.05) is 42.1 Å². The number of anilines is 1. The van der Waals surface area contributed by atoms with Gasteiger partial charge in [0.05, 0.1) is 32.0 Å². The number of hydrogen-bond acceptors (Lipinski definition) is 6. The van der Waals surface area contributed by atoms with Gasteiger partial charge in [-0.1, -0.05) is 29.8 Å². The van der Waals surface area contributed by atoms with Crippen molar-refractivity contribution in [3.63, 3.8) is 0 Å². The summed E-state index contributed by atoms with van der Waals surface area (Å²) in [5, 5.41) is 12.0. The fourth-order valence-electron chi connectivity index (χ4n) is 4.81. The van der Waals surface area contributed by atoms with Crippen molar-refractivity contribution < 1.29 is 24.2 Å². The summed E-state index contributed by atoms with van der Waals surface area (Å²) in [7, 11) is 0. The van der Waals surface area contributed by atoms with Crippen LogP contribution in [0, 0.1) is 0 Å². The number of likely N-dealkylation sites (tertiary alicyclic amines) is 1. The number of para-hydroxylation sites is 1. The van der Waals surface area contributed by atoms with E-state index in [2.05, 4.69) is 4.90 Å². The summed E-state index contributed by atoms with van der Waals surface area (Å²) in [6, 6.07) is 13.6. The monoisotopic (exact) mass is 456 g/mol. The van der Waals surface area contributed by atoms with Gasteiger partial charge < -0.3 is 14.6 Å². The highest BCUT2D eigenvalue weighted by molar-refractivity contribution is 6.30. The molecule has 1 N–H and O–H groups in total. The molecule has 1 amide bonds. The molecule has 7 nitrogen and oxygen atoms in total. The van der Waals surface area contributed by atoms with Gasteiger partial charge >= 0.3 is 0 Å². The van der Waals surface area contributed by atoms with E-state index >= 15 is 0 Å². The third-order valence-corrected chi connectivity index (χ3v) is 6.85. The first kappa shape index (κ1) is 21.6. The van der Waals surface area contributed by atoms with Crippen molar-refractivity contribution in [3.8, 4) is 0 Å². The number of halogens is 1. The number of benzene rings is 2. The van der Waals surface area contributed by atoms with Gasteiger partial charge in [0.25, 0.3) is 5.91 Å². The lowest BCUT2D eigenvalue weighted by atomic mass is 9.88. The minimum absolute atomic E-state index is 0.315. The predicted molar refractivity (Wildman–Crippen MR) is 119 cm³/mol. The summed E-state index contributed by atoms with van der Waals surface area (Å²) < 4.78 is 11.6. The van der Waals surface area contributed by atoms with Gasteiger partial charge in [-0.3, -0.25) is 19.4 Å². The Labute approximate surface area is 191 Å². The van der Waals surface area contributed by atoms with E-state index in [-0.39, 0.29) is 12.2 Å². The van der Waals surface area contributed by atoms with Crippen LogP contribution in [0.15, 0.2) is 48.5 Å². The normalized spacial score (nSPS) is 24.8. The number of ketones is 1. The average Bonchev–Trinajstić information content (AvgIpc) is 3.33. The van der Waals surface area contributed by atoms with Crippen LogP contribution >= 0.6 is 11.6 Å². The molecular weight excluding hydrogens is 432 g/mol. The number of amides is 1. The van der Waals surface area contributed by atoms with Crippen LogP contribution in [0.3, 0.4) is 0 Å². The number of carbonyl (C=O) groups excluding carboxylic acids is 2. The standard InChI is InChI=1S/C24H25ClN2O5/c25-18-7-5-17(6-8-18)21(28)15-24(30)19-3-1-2-4-20(19)27(22(24)29)16-26-11-9-23(10-12-26)31-13-14-32-23/h1-8,30H,9-16H2. The van der Waals surface area contributed by atoms with Crippen LogP contribution in [0.25, 0.3) is 0 Å². The quantitative estimate of drug-likeness (QED) is 0.697. The molecule has 1 unspecified atom stereocenters. The molecule has 2 saturated heterocycles. The van der Waals surface area contributed by atoms with E-state index in [0.717, 1.165) is 12.8 Å². The topological polar surface area (TPSA) is 79.3 Å². The summed E-state index contributed by atoms with van der Waals surface area (Å²) in [5.41, 5.74) is -0.396. The molecule has 3 aliphatic heterocycles. The van der Waals surface area contributed by atoms with Crippen LogP contribution in [0.2, 0.25) is 5.02 Å². The molecule has 5 rings (SSSR count). The smallest absolute Gasteiger partial charge is 0.265 e. The lowest BCUT2D eigenvalue weighted by Crippen LogP contribution is -2.51. The molecule has 0 aromatic heterocycles. The van der Waals surface area contributed by atoms with Crippen molar-refractivity contribution in [1.82, 2.24) is 4.90 Å². The number of carbonyl (C=O) groups is 2. The number of hydrogen-bond donors (Lipinski definition) is 1. The van der Waals surface area contributed by atoms with Gasteiger partial charge in [0.1, 0.15) is 0 Å². The number of Topliss-reactive ketones (excluding diaryl/α,β-unsaturated/α-hetero) is 1. The number of ether oxygens (including phenoxy) is 2. The molecule has 0 saturated carbocycles. The molecule has 168 valence electrons. The third-order valence-electron chi connectivity index (χ3n) is 6.59. The van der Waals surface area contributed by atoms with Gasteiger partial charge in [-0.05, 0) is 30.3 Å². The molecule has 2 aromatic carbocycles. The second kappa shape index (κ2) is 8.24. The van der Waals surface area contributed by atoms with E-state index in [1.54, 1.807) is 41.3 Å². The highest BCUT2D eigenvalue weighted by Crippen LogP contribution is 2.43. The Balaban J connectivity index is 1.35. The Morgan fingerprint density at radius 3 is 2.38 bits per heavy atom. The molecule has 0 aliphatic carbocycles. The van der Waals surface area contributed by atoms with Crippen LogP contribution in [-0.4, -0.2) is 60.5 Å². The minimum atomic E-state index is -1.90. The summed E-state index contributed by atoms with van der Waals surface area (Å²) in [6.07, 6.45) is 1.14. The van der Waals surface area contributed by atoms with E-state index in [9.17, 15) is 14.7 Å². The zero-order chi connectivity index (χ0) is 22.3. The largest absolute Gasteiger partial charge is 0.375 e. The third kappa shape index (κ3) is 3.74. The Morgan fingerprint density at radius 2 is 1.69 bits per heavy atom. The molecule has 0 bridgehead atoms. The minimum Gasteiger partial charge on any atom is -0.375 e. The fraction of sp³-hybridized carbons (Fsp3) is 0.417. The van der Waals surface area contributed by atoms with Gasteiger partial charge in [-0.25, -0.2) is 0 Å². The molecule has 1 spiro atoms. The highest BCUT2D eigenvalue weighted by atomic mass is 35.5. The van der Waals surface area contributed by atoms with Crippen LogP contribution < -0.4 is 4.90 Å². The lowest BCUT2D eigenvalue weighted by Gasteiger charge is -2.39. The Bertz CT molecular complexity index is 1030. The Kier molecular flexibility index (Phi) is 5.55. The fourth-order valence-corrected chi connectivity index (χ4v) is 4.93. The zero-order valence-electron chi connectivity index (χ0n) is 17.6. The van der Waals surface area contributed by atoms with E-state index in [1.165, 1.54) is 0 Å². The number of nitrogens with zero attached hydrogens (tertiary/aromatic N) is 2. The van der Waals surface area contributed by atoms with Crippen molar-refractivity contribution in [1.29, 1.82) is 0 Å². The van der Waals surface area contributed by atoms with Crippen LogP contribution in [0.1, 0.15) is 35.2 Å². The molecule has 3 heterocycles. The van der Waals surface area contributed by atoms with Gasteiger partial charge in [0.2, 0.25) is 0 Å². The van der Waals surface area contributed by atoms with Crippen LogP contribution in [0.5, 0.6) is 0 Å². The van der Waals surface area contributed by atoms with Crippen LogP contribution in [-0.2, 0) is 19.9 Å². The summed E-state index contributed by atoms with van der Waals surface area (Å²) in [5.74, 6) is -1.28. The summed E-state index contributed by atoms with van der Waals surface area (Å²) >= 11 is 5.91. The van der Waals surface area contributed by atoms with Crippen molar-refractivity contribution in [2.45, 2.75) is 30.7 Å². The SMILES string of the molecule is O=C(CC1(O)C(=O)N(CN2CCC3(CC2)OCCO3)c2ccccc21)c1ccc(Cl)cc1. The number of piperidine rings is 1. The van der Waals surface area contributed by atoms with E-state index < -0.39 is 17.3 Å². The first-order valence-electron chi connectivity index (χ1n) is 10.8. The molecule has 1 atom stereocenters. The highest BCUT2D eigenvalue weighted by Gasteiger charge is 2.51. The van der Waals surface area contributed by atoms with E-state index in [0.29, 0.717) is 54.8 Å². The number of aliphatic hydroxyl groups is 1. The molecule has 0 radical (unpaired) electrons. The first-order chi connectivity index (χ1) is 15.4. The average molecular weight is 457 g/mol. The Hall–Kier alpha value is -2.29. The maximum atomic E-state index is 13.5. The van der Waals surface area contributed by atoms with Crippen molar-refractivity contribution >= 4 is 29.0 Å². The first-order valence-corrected chi connectivity index (χ1v) is 11.2. The van der Waals surface area contributed by atoms with E-state index in [1.807, 2.05) is 12.1 Å². The Morgan fingerprint density at radius 1 is 1.03 bits per heavy atom. The lowest BCUT2D eigenvalue weighted by molar-refractivity contribution is -0.185. The number of rotatable bonds is 5. The molecule has 2 aromatic rings. The molecule has 8 heteroatoms. The van der Waals surface area contributed by atoms with E-state index in [4.69, 9.17) is 21.1 Å². The maximum Gasteiger partial charge on any atom is 0.265 e. The van der Waals surface area contributed by atoms with Crippen LogP contribution in [0.4, 0.5) is 5.69 Å². The molecule has 3 aliphatic rings. The van der Waals surface area contributed by atoms with Gasteiger partial charge in [-0.15, -0.1) is 0 Å². The number of fused-ring (bicyclic) bond motifs is 1. The summed E-state index contributed by atoms with van der Waals surface area (Å²) in [6.45, 7) is 3.00. The zero-order valence-corrected chi connectivity index (χ0v) is 18.4. The molecule has 32 heavy (non-hydrogen) atoms. The summed E-state index contributed by atoms with van der Waals surface area (Å²) in [4.78, 5) is 30.1. The van der Waals surface area contributed by atoms with Gasteiger partial charge in [-0.2, -0.15) is 0 Å². The molecule has 2 fully saturated rings. The molecular formula is C24H25ClN2O5. The van der Waals surface area contributed by atoms with Crippen molar-refractivity contribution in [2.75, 3.05) is 37.9 Å². The second-order valence-corrected chi connectivity index (χ2v) is 9.02. The van der Waals surface area contributed by atoms with Gasteiger partial charge in [0.15, 0.2) is 17.2 Å². The predicted octanol–water partition coefficient (Wildman–Crippen LogP) is 2.94. The maximum absolute atomic E-state index is 13.5. The second-order valence-electron chi connectivity index (χ2n) is 8.58. The van der Waals surface area contributed by atoms with Crippen molar-refractivity contribution in [2.24, 2.45) is 0 Å². The van der Waals surface area contributed by atoms with Crippen molar-refractivity contribution in [3.05, 3.63) is 64.7 Å².